The molecule has 0 unspecified atom stereocenters. The average Bonchev–Trinajstić information content (AvgIpc) is 3.18. The number of hydrogen-bond donors (Lipinski definition) is 1. The lowest BCUT2D eigenvalue weighted by molar-refractivity contribution is -0.138. The molecule has 4 rings (SSSR count). The van der Waals surface area contributed by atoms with E-state index in [-0.39, 0.29) is 11.9 Å². The number of piperazine rings is 1. The zero-order chi connectivity index (χ0) is 18.7. The van der Waals surface area contributed by atoms with Gasteiger partial charge in [-0.3, -0.25) is 9.69 Å². The quantitative estimate of drug-likeness (QED) is 0.908. The highest BCUT2D eigenvalue weighted by Gasteiger charge is 2.41. The molecule has 1 aliphatic carbocycles. The third-order valence-corrected chi connectivity index (χ3v) is 6.12. The molecule has 0 atom stereocenters. The van der Waals surface area contributed by atoms with Crippen molar-refractivity contribution in [3.8, 4) is 0 Å². The first-order valence-electron chi connectivity index (χ1n) is 10.1. The van der Waals surface area contributed by atoms with E-state index in [2.05, 4.69) is 65.6 Å². The van der Waals surface area contributed by atoms with E-state index in [0.29, 0.717) is 0 Å². The number of hydrogen-bond acceptors (Lipinski definition) is 3. The van der Waals surface area contributed by atoms with Crippen molar-refractivity contribution >= 4 is 5.91 Å². The third kappa shape index (κ3) is 3.78. The summed E-state index contributed by atoms with van der Waals surface area (Å²) in [7, 11) is 0. The van der Waals surface area contributed by atoms with Gasteiger partial charge >= 0.3 is 0 Å². The van der Waals surface area contributed by atoms with Gasteiger partial charge < -0.3 is 10.6 Å². The van der Waals surface area contributed by atoms with Crippen LogP contribution >= 0.6 is 0 Å². The Balaban J connectivity index is 1.50. The molecule has 2 fully saturated rings. The van der Waals surface area contributed by atoms with Crippen LogP contribution in [0.15, 0.2) is 60.7 Å². The van der Waals surface area contributed by atoms with E-state index in [1.165, 1.54) is 11.1 Å². The standard InChI is InChI=1S/C23H29N3O/c24-23(13-7-8-14-23)22(27)26-17-15-25(16-18-26)21(19-9-3-1-4-10-19)20-11-5-2-6-12-20/h1-6,9-12,21H,7-8,13-18,24H2. The maximum absolute atomic E-state index is 12.9. The normalized spacial score (nSPS) is 20.1. The second-order valence-electron chi connectivity index (χ2n) is 7.92. The van der Waals surface area contributed by atoms with Crippen LogP contribution in [-0.2, 0) is 4.79 Å². The van der Waals surface area contributed by atoms with Crippen molar-refractivity contribution in [3.05, 3.63) is 71.8 Å². The number of nitrogens with zero attached hydrogens (tertiary/aromatic N) is 2. The van der Waals surface area contributed by atoms with Gasteiger partial charge in [0.05, 0.1) is 11.6 Å². The van der Waals surface area contributed by atoms with E-state index in [1.54, 1.807) is 0 Å². The van der Waals surface area contributed by atoms with Crippen LogP contribution in [-0.4, -0.2) is 47.4 Å². The molecule has 142 valence electrons. The SMILES string of the molecule is NC1(C(=O)N2CCN(C(c3ccccc3)c3ccccc3)CC2)CCCC1. The van der Waals surface area contributed by atoms with Crippen molar-refractivity contribution < 1.29 is 4.79 Å². The van der Waals surface area contributed by atoms with Gasteiger partial charge in [-0.2, -0.15) is 0 Å². The minimum absolute atomic E-state index is 0.163. The molecule has 2 aromatic carbocycles. The van der Waals surface area contributed by atoms with Crippen LogP contribution in [0.25, 0.3) is 0 Å². The highest BCUT2D eigenvalue weighted by atomic mass is 16.2. The van der Waals surface area contributed by atoms with Gasteiger partial charge in [-0.1, -0.05) is 73.5 Å². The Kier molecular flexibility index (Phi) is 5.28. The summed E-state index contributed by atoms with van der Waals surface area (Å²) in [6.45, 7) is 3.26. The molecule has 1 aliphatic heterocycles. The van der Waals surface area contributed by atoms with Gasteiger partial charge in [0.1, 0.15) is 0 Å². The van der Waals surface area contributed by atoms with E-state index in [1.807, 2.05) is 4.90 Å². The van der Waals surface area contributed by atoms with Crippen molar-refractivity contribution in [3.63, 3.8) is 0 Å². The van der Waals surface area contributed by atoms with E-state index < -0.39 is 5.54 Å². The first-order valence-corrected chi connectivity index (χ1v) is 10.1. The Labute approximate surface area is 162 Å². The molecule has 1 saturated carbocycles. The van der Waals surface area contributed by atoms with Crippen LogP contribution in [0, 0.1) is 0 Å². The van der Waals surface area contributed by atoms with Crippen LogP contribution in [0.1, 0.15) is 42.9 Å². The van der Waals surface area contributed by atoms with Crippen LogP contribution in [0.4, 0.5) is 0 Å². The van der Waals surface area contributed by atoms with Crippen molar-refractivity contribution in [2.24, 2.45) is 5.73 Å². The summed E-state index contributed by atoms with van der Waals surface area (Å²) in [4.78, 5) is 17.4. The third-order valence-electron chi connectivity index (χ3n) is 6.12. The Bertz CT molecular complexity index is 708. The van der Waals surface area contributed by atoms with Crippen LogP contribution < -0.4 is 5.73 Å². The average molecular weight is 364 g/mol. The highest BCUT2D eigenvalue weighted by Crippen LogP contribution is 2.32. The second-order valence-corrected chi connectivity index (χ2v) is 7.92. The summed E-state index contributed by atoms with van der Waals surface area (Å²) < 4.78 is 0. The second kappa shape index (κ2) is 7.83. The van der Waals surface area contributed by atoms with E-state index in [0.717, 1.165) is 51.9 Å². The largest absolute Gasteiger partial charge is 0.339 e. The minimum Gasteiger partial charge on any atom is -0.339 e. The molecule has 0 aromatic heterocycles. The van der Waals surface area contributed by atoms with E-state index >= 15 is 0 Å². The monoisotopic (exact) mass is 363 g/mol. The lowest BCUT2D eigenvalue weighted by Gasteiger charge is -2.41. The molecular weight excluding hydrogens is 334 g/mol. The van der Waals surface area contributed by atoms with E-state index in [9.17, 15) is 4.79 Å². The summed E-state index contributed by atoms with van der Waals surface area (Å²) in [5, 5.41) is 0. The number of amides is 1. The molecule has 4 nitrogen and oxygen atoms in total. The molecule has 1 saturated heterocycles. The zero-order valence-corrected chi connectivity index (χ0v) is 15.9. The summed E-state index contributed by atoms with van der Waals surface area (Å²) in [5.41, 5.74) is 8.40. The van der Waals surface area contributed by atoms with Gasteiger partial charge in [-0.15, -0.1) is 0 Å². The molecule has 0 radical (unpaired) electrons. The first-order chi connectivity index (χ1) is 13.2. The molecule has 27 heavy (non-hydrogen) atoms. The lowest BCUT2D eigenvalue weighted by atomic mass is 9.95. The van der Waals surface area contributed by atoms with Crippen LogP contribution in [0.3, 0.4) is 0 Å². The van der Waals surface area contributed by atoms with Gasteiger partial charge in [0.15, 0.2) is 0 Å². The van der Waals surface area contributed by atoms with Crippen molar-refractivity contribution in [2.75, 3.05) is 26.2 Å². The molecule has 1 amide bonds. The van der Waals surface area contributed by atoms with Crippen LogP contribution in [0.2, 0.25) is 0 Å². The molecule has 0 spiro atoms. The molecule has 4 heteroatoms. The number of rotatable bonds is 4. The molecule has 2 N–H and O–H groups in total. The minimum atomic E-state index is -0.611. The van der Waals surface area contributed by atoms with Crippen LogP contribution in [0.5, 0.6) is 0 Å². The van der Waals surface area contributed by atoms with E-state index in [4.69, 9.17) is 5.73 Å². The Morgan fingerprint density at radius 3 is 1.78 bits per heavy atom. The van der Waals surface area contributed by atoms with Gasteiger partial charge in [0.2, 0.25) is 5.91 Å². The van der Waals surface area contributed by atoms with Gasteiger partial charge in [-0.25, -0.2) is 0 Å². The predicted molar refractivity (Wildman–Crippen MR) is 108 cm³/mol. The molecule has 2 aromatic rings. The lowest BCUT2D eigenvalue weighted by Crippen LogP contribution is -2.58. The number of carbonyl (C=O) groups excluding carboxylic acids is 1. The summed E-state index contributed by atoms with van der Waals surface area (Å²) in [5.74, 6) is 0.163. The molecule has 0 bridgehead atoms. The molecule has 2 aliphatic rings. The van der Waals surface area contributed by atoms with Crippen molar-refractivity contribution in [2.45, 2.75) is 37.3 Å². The maximum Gasteiger partial charge on any atom is 0.242 e. The maximum atomic E-state index is 12.9. The number of carbonyl (C=O) groups is 1. The Morgan fingerprint density at radius 2 is 1.30 bits per heavy atom. The van der Waals surface area contributed by atoms with Gasteiger partial charge in [0.25, 0.3) is 0 Å². The number of nitrogens with two attached hydrogens (primary N) is 1. The topological polar surface area (TPSA) is 49.6 Å². The van der Waals surface area contributed by atoms with Crippen molar-refractivity contribution in [1.82, 2.24) is 9.80 Å². The smallest absolute Gasteiger partial charge is 0.242 e. The summed E-state index contributed by atoms with van der Waals surface area (Å²) in [6.07, 6.45) is 3.82. The fourth-order valence-electron chi connectivity index (χ4n) is 4.60. The van der Waals surface area contributed by atoms with Gasteiger partial charge in [-0.05, 0) is 24.0 Å². The number of benzene rings is 2. The summed E-state index contributed by atoms with van der Waals surface area (Å²) in [6, 6.07) is 21.5. The Hall–Kier alpha value is -2.17. The zero-order valence-electron chi connectivity index (χ0n) is 15.9. The first kappa shape index (κ1) is 18.2. The summed E-state index contributed by atoms with van der Waals surface area (Å²) >= 11 is 0. The highest BCUT2D eigenvalue weighted by molar-refractivity contribution is 5.86. The fourth-order valence-corrected chi connectivity index (χ4v) is 4.60. The van der Waals surface area contributed by atoms with Gasteiger partial charge in [0, 0.05) is 26.2 Å². The van der Waals surface area contributed by atoms with Crippen molar-refractivity contribution in [1.29, 1.82) is 0 Å². The fraction of sp³-hybridized carbons (Fsp3) is 0.435. The molecular formula is C23H29N3O. The molecule has 1 heterocycles. The Morgan fingerprint density at radius 1 is 0.815 bits per heavy atom. The predicted octanol–water partition coefficient (Wildman–Crippen LogP) is 3.19.